The Kier molecular flexibility index (Phi) is 5.73. The summed E-state index contributed by atoms with van der Waals surface area (Å²) in [4.78, 5) is 23.1. The summed E-state index contributed by atoms with van der Waals surface area (Å²) < 4.78 is 6.02. The minimum Gasteiger partial charge on any atom is -0.483 e. The van der Waals surface area contributed by atoms with E-state index in [0.717, 1.165) is 10.1 Å². The molecule has 1 heterocycles. The average molecular weight is 338 g/mol. The molecule has 0 saturated carbocycles. The predicted molar refractivity (Wildman–Crippen MR) is 85.4 cm³/mol. The van der Waals surface area contributed by atoms with E-state index in [4.69, 9.17) is 10.5 Å². The molecule has 1 aromatic heterocycles. The number of nitrogens with zero attached hydrogens (tertiary/aromatic N) is 2. The van der Waals surface area contributed by atoms with Gasteiger partial charge in [-0.25, -0.2) is 0 Å². The minimum atomic E-state index is -0.611. The smallest absolute Gasteiger partial charge is 0.261 e. The minimum absolute atomic E-state index is 0.284. The number of benzene rings is 1. The van der Waals surface area contributed by atoms with Crippen LogP contribution < -0.4 is 15.8 Å². The van der Waals surface area contributed by atoms with Gasteiger partial charge in [0.2, 0.25) is 5.13 Å². The molecule has 0 aliphatic heterocycles. The molecule has 3 N–H and O–H groups in total. The van der Waals surface area contributed by atoms with Gasteiger partial charge in [0.25, 0.3) is 11.8 Å². The first-order valence-corrected chi connectivity index (χ1v) is 8.18. The maximum absolute atomic E-state index is 12.3. The van der Waals surface area contributed by atoms with Gasteiger partial charge in [-0.05, 0) is 17.9 Å². The van der Waals surface area contributed by atoms with Crippen molar-refractivity contribution in [2.75, 3.05) is 17.7 Å². The maximum atomic E-state index is 12.3. The summed E-state index contributed by atoms with van der Waals surface area (Å²) in [5.74, 6) is 0.170. The molecule has 0 fully saturated rings. The number of ether oxygens (including phenoxy) is 1. The highest BCUT2D eigenvalue weighted by Gasteiger charge is 2.15. The molecule has 0 aliphatic rings. The van der Waals surface area contributed by atoms with E-state index >= 15 is 0 Å². The van der Waals surface area contributed by atoms with E-state index in [-0.39, 0.29) is 18.3 Å². The number of carbonyl (C=O) groups excluding carboxylic acids is 2. The second kappa shape index (κ2) is 7.76. The normalized spacial score (nSPS) is 10.2. The van der Waals surface area contributed by atoms with Crippen molar-refractivity contribution in [2.45, 2.75) is 11.3 Å². The van der Waals surface area contributed by atoms with Crippen molar-refractivity contribution in [2.24, 2.45) is 5.73 Å². The zero-order valence-corrected chi connectivity index (χ0v) is 13.4. The average Bonchev–Trinajstić information content (AvgIpc) is 2.93. The number of thioether (sulfide) groups is 1. The SMILES string of the molecule is CCSc1nnc(NC(=O)c2ccccc2OCC(N)=O)s1. The maximum Gasteiger partial charge on any atom is 0.261 e. The number of aromatic nitrogens is 2. The van der Waals surface area contributed by atoms with Crippen LogP contribution in [0.15, 0.2) is 28.6 Å². The first-order chi connectivity index (χ1) is 10.6. The van der Waals surface area contributed by atoms with Gasteiger partial charge in [0.05, 0.1) is 5.56 Å². The van der Waals surface area contributed by atoms with Crippen LogP contribution in [0.2, 0.25) is 0 Å². The molecule has 2 aromatic rings. The number of carbonyl (C=O) groups is 2. The van der Waals surface area contributed by atoms with Gasteiger partial charge >= 0.3 is 0 Å². The lowest BCUT2D eigenvalue weighted by atomic mass is 10.2. The number of amides is 2. The van der Waals surface area contributed by atoms with Crippen LogP contribution in [-0.4, -0.2) is 34.4 Å². The third-order valence-corrected chi connectivity index (χ3v) is 4.25. The van der Waals surface area contributed by atoms with Crippen molar-refractivity contribution in [1.29, 1.82) is 0 Å². The summed E-state index contributed by atoms with van der Waals surface area (Å²) in [5, 5.41) is 10.9. The zero-order valence-electron chi connectivity index (χ0n) is 11.7. The number of nitrogens with two attached hydrogens (primary N) is 1. The van der Waals surface area contributed by atoms with Crippen LogP contribution in [0.25, 0.3) is 0 Å². The Morgan fingerprint density at radius 3 is 2.86 bits per heavy atom. The lowest BCUT2D eigenvalue weighted by Crippen LogP contribution is -2.21. The van der Waals surface area contributed by atoms with Gasteiger partial charge in [-0.3, -0.25) is 14.9 Å². The molecule has 0 aliphatic carbocycles. The second-order valence-electron chi connectivity index (χ2n) is 4.01. The topological polar surface area (TPSA) is 107 Å². The zero-order chi connectivity index (χ0) is 15.9. The Balaban J connectivity index is 2.09. The highest BCUT2D eigenvalue weighted by atomic mass is 32.2. The third kappa shape index (κ3) is 4.43. The monoisotopic (exact) mass is 338 g/mol. The van der Waals surface area contributed by atoms with Crippen molar-refractivity contribution < 1.29 is 14.3 Å². The molecule has 0 unspecified atom stereocenters. The fraction of sp³-hybridized carbons (Fsp3) is 0.231. The fourth-order valence-corrected chi connectivity index (χ4v) is 3.18. The number of para-hydroxylation sites is 1. The largest absolute Gasteiger partial charge is 0.483 e. The van der Waals surface area contributed by atoms with Crippen LogP contribution in [0.5, 0.6) is 5.75 Å². The third-order valence-electron chi connectivity index (χ3n) is 2.40. The first kappa shape index (κ1) is 16.2. The molecular weight excluding hydrogens is 324 g/mol. The molecule has 2 amide bonds. The quantitative estimate of drug-likeness (QED) is 0.588. The molecule has 116 valence electrons. The Bertz CT molecular complexity index is 675. The summed E-state index contributed by atoms with van der Waals surface area (Å²) in [6, 6.07) is 6.59. The van der Waals surface area contributed by atoms with E-state index in [1.54, 1.807) is 36.0 Å². The van der Waals surface area contributed by atoms with Crippen LogP contribution in [0.1, 0.15) is 17.3 Å². The molecule has 0 spiro atoms. The summed E-state index contributed by atoms with van der Waals surface area (Å²) in [6.07, 6.45) is 0. The molecule has 0 radical (unpaired) electrons. The number of hydrogen-bond donors (Lipinski definition) is 2. The molecule has 7 nitrogen and oxygen atoms in total. The van der Waals surface area contributed by atoms with Gasteiger partial charge in [0, 0.05) is 0 Å². The summed E-state index contributed by atoms with van der Waals surface area (Å²) >= 11 is 2.85. The van der Waals surface area contributed by atoms with Crippen LogP contribution in [0.3, 0.4) is 0 Å². The number of hydrogen-bond acceptors (Lipinski definition) is 7. The van der Waals surface area contributed by atoms with Gasteiger partial charge < -0.3 is 10.5 Å². The van der Waals surface area contributed by atoms with Crippen LogP contribution in [-0.2, 0) is 4.79 Å². The lowest BCUT2D eigenvalue weighted by molar-refractivity contribution is -0.119. The van der Waals surface area contributed by atoms with Crippen molar-refractivity contribution >= 4 is 40.0 Å². The fourth-order valence-electron chi connectivity index (χ4n) is 1.54. The molecule has 1 aromatic carbocycles. The van der Waals surface area contributed by atoms with E-state index in [1.807, 2.05) is 6.92 Å². The van der Waals surface area contributed by atoms with Gasteiger partial charge in [-0.1, -0.05) is 42.2 Å². The molecule has 2 rings (SSSR count). The van der Waals surface area contributed by atoms with E-state index in [0.29, 0.717) is 10.7 Å². The van der Waals surface area contributed by atoms with Gasteiger partial charge in [-0.15, -0.1) is 10.2 Å². The molecule has 0 atom stereocenters. The van der Waals surface area contributed by atoms with Crippen LogP contribution in [0, 0.1) is 0 Å². The Labute approximate surface area is 135 Å². The predicted octanol–water partition coefficient (Wildman–Crippen LogP) is 1.77. The molecule has 22 heavy (non-hydrogen) atoms. The lowest BCUT2D eigenvalue weighted by Gasteiger charge is -2.09. The van der Waals surface area contributed by atoms with E-state index in [2.05, 4.69) is 15.5 Å². The van der Waals surface area contributed by atoms with E-state index < -0.39 is 5.91 Å². The highest BCUT2D eigenvalue weighted by molar-refractivity contribution is 8.01. The molecule has 0 bridgehead atoms. The van der Waals surface area contributed by atoms with E-state index in [1.165, 1.54) is 11.3 Å². The molecular formula is C13H14N4O3S2. The van der Waals surface area contributed by atoms with E-state index in [9.17, 15) is 9.59 Å². The highest BCUT2D eigenvalue weighted by Crippen LogP contribution is 2.26. The molecule has 0 saturated heterocycles. The van der Waals surface area contributed by atoms with Crippen LogP contribution in [0.4, 0.5) is 5.13 Å². The molecule has 9 heteroatoms. The number of primary amides is 1. The van der Waals surface area contributed by atoms with Crippen molar-refractivity contribution in [3.8, 4) is 5.75 Å². The number of anilines is 1. The number of nitrogens with one attached hydrogen (secondary N) is 1. The summed E-state index contributed by atoms with van der Waals surface area (Å²) in [6.45, 7) is 1.72. The Morgan fingerprint density at radius 1 is 1.36 bits per heavy atom. The summed E-state index contributed by atoms with van der Waals surface area (Å²) in [5.41, 5.74) is 5.33. The van der Waals surface area contributed by atoms with Crippen molar-refractivity contribution in [1.82, 2.24) is 10.2 Å². The van der Waals surface area contributed by atoms with Crippen molar-refractivity contribution in [3.05, 3.63) is 29.8 Å². The standard InChI is InChI=1S/C13H14N4O3S2/c1-2-21-13-17-16-12(22-13)15-11(19)8-5-3-4-6-9(8)20-7-10(14)18/h3-6H,2,7H2,1H3,(H2,14,18)(H,15,16,19). The van der Waals surface area contributed by atoms with Gasteiger partial charge in [0.15, 0.2) is 10.9 Å². The summed E-state index contributed by atoms with van der Waals surface area (Å²) in [7, 11) is 0. The van der Waals surface area contributed by atoms with Gasteiger partial charge in [0.1, 0.15) is 5.75 Å². The van der Waals surface area contributed by atoms with Crippen LogP contribution >= 0.6 is 23.1 Å². The number of rotatable bonds is 7. The Hall–Kier alpha value is -2.13. The van der Waals surface area contributed by atoms with Crippen molar-refractivity contribution in [3.63, 3.8) is 0 Å². The Morgan fingerprint density at radius 2 is 2.14 bits per heavy atom. The van der Waals surface area contributed by atoms with Gasteiger partial charge in [-0.2, -0.15) is 0 Å². The first-order valence-electron chi connectivity index (χ1n) is 6.38. The second-order valence-corrected chi connectivity index (χ2v) is 6.50.